The summed E-state index contributed by atoms with van der Waals surface area (Å²) < 4.78 is 40.4. The van der Waals surface area contributed by atoms with Crippen molar-refractivity contribution < 1.29 is 13.2 Å². The minimum atomic E-state index is -1.46. The Bertz CT molecular complexity index is 602. The van der Waals surface area contributed by atoms with Gasteiger partial charge in [0.05, 0.1) is 0 Å². The monoisotopic (exact) mass is 280 g/mol. The molecule has 20 heavy (non-hydrogen) atoms. The largest absolute Gasteiger partial charge is 0.330 e. The topological polar surface area (TPSA) is 38.9 Å². The molecule has 1 heterocycles. The van der Waals surface area contributed by atoms with Gasteiger partial charge < -0.3 is 5.73 Å². The van der Waals surface area contributed by atoms with Crippen LogP contribution in [0.25, 0.3) is 0 Å². The van der Waals surface area contributed by atoms with Gasteiger partial charge >= 0.3 is 0 Å². The standard InChI is InChI=1S/C15H15F3N2/c1-15(9-19,8-10-4-6-20-7-5-10)11-2-3-12(16)14(18)13(11)17/h2-7H,8-9,19H2,1H3. The fourth-order valence-corrected chi connectivity index (χ4v) is 2.22. The number of nitrogens with two attached hydrogens (primary N) is 1. The van der Waals surface area contributed by atoms with Crippen LogP contribution in [-0.4, -0.2) is 11.5 Å². The molecule has 106 valence electrons. The molecule has 5 heteroatoms. The van der Waals surface area contributed by atoms with Gasteiger partial charge in [-0.3, -0.25) is 4.98 Å². The third kappa shape index (κ3) is 2.67. The molecule has 0 saturated heterocycles. The highest BCUT2D eigenvalue weighted by atomic mass is 19.2. The first-order chi connectivity index (χ1) is 9.48. The van der Waals surface area contributed by atoms with E-state index in [0.29, 0.717) is 6.42 Å². The second-order valence-corrected chi connectivity index (χ2v) is 5.02. The molecule has 1 unspecified atom stereocenters. The van der Waals surface area contributed by atoms with Crippen molar-refractivity contribution in [3.05, 3.63) is 65.2 Å². The summed E-state index contributed by atoms with van der Waals surface area (Å²) >= 11 is 0. The first kappa shape index (κ1) is 14.5. The van der Waals surface area contributed by atoms with Gasteiger partial charge in [0, 0.05) is 24.4 Å². The number of pyridine rings is 1. The van der Waals surface area contributed by atoms with E-state index in [1.165, 1.54) is 6.07 Å². The third-order valence-corrected chi connectivity index (χ3v) is 3.48. The van der Waals surface area contributed by atoms with Crippen LogP contribution < -0.4 is 5.73 Å². The number of hydrogen-bond acceptors (Lipinski definition) is 2. The van der Waals surface area contributed by atoms with Gasteiger partial charge in [0.15, 0.2) is 17.5 Å². The maximum atomic E-state index is 14.0. The van der Waals surface area contributed by atoms with Crippen molar-refractivity contribution in [3.8, 4) is 0 Å². The number of aromatic nitrogens is 1. The van der Waals surface area contributed by atoms with E-state index in [0.717, 1.165) is 11.6 Å². The van der Waals surface area contributed by atoms with Gasteiger partial charge in [0.25, 0.3) is 0 Å². The molecule has 0 amide bonds. The van der Waals surface area contributed by atoms with Crippen molar-refractivity contribution >= 4 is 0 Å². The van der Waals surface area contributed by atoms with E-state index in [2.05, 4.69) is 4.98 Å². The van der Waals surface area contributed by atoms with Crippen LogP contribution in [0.1, 0.15) is 18.1 Å². The molecule has 2 N–H and O–H groups in total. The highest BCUT2D eigenvalue weighted by Gasteiger charge is 2.30. The maximum Gasteiger partial charge on any atom is 0.194 e. The van der Waals surface area contributed by atoms with Crippen molar-refractivity contribution in [3.63, 3.8) is 0 Å². The van der Waals surface area contributed by atoms with Gasteiger partial charge in [-0.15, -0.1) is 0 Å². The molecule has 0 aliphatic rings. The first-order valence-electron chi connectivity index (χ1n) is 6.21. The van der Waals surface area contributed by atoms with Crippen LogP contribution in [0.4, 0.5) is 13.2 Å². The molecule has 0 aliphatic heterocycles. The molecule has 1 aromatic carbocycles. The number of nitrogens with zero attached hydrogens (tertiary/aromatic N) is 1. The normalized spacial score (nSPS) is 14.1. The minimum Gasteiger partial charge on any atom is -0.330 e. The van der Waals surface area contributed by atoms with Gasteiger partial charge in [-0.25, -0.2) is 13.2 Å². The summed E-state index contributed by atoms with van der Waals surface area (Å²) in [6, 6.07) is 5.74. The van der Waals surface area contributed by atoms with Crippen LogP contribution in [0.15, 0.2) is 36.7 Å². The Hall–Kier alpha value is -1.88. The maximum absolute atomic E-state index is 14.0. The zero-order valence-electron chi connectivity index (χ0n) is 11.0. The molecular formula is C15H15F3N2. The highest BCUT2D eigenvalue weighted by molar-refractivity contribution is 5.31. The highest BCUT2D eigenvalue weighted by Crippen LogP contribution is 2.31. The Kier molecular flexibility index (Phi) is 4.09. The number of rotatable bonds is 4. The number of hydrogen-bond donors (Lipinski definition) is 1. The van der Waals surface area contributed by atoms with Crippen LogP contribution >= 0.6 is 0 Å². The van der Waals surface area contributed by atoms with E-state index >= 15 is 0 Å². The molecule has 2 rings (SSSR count). The SMILES string of the molecule is CC(CN)(Cc1ccncc1)c1ccc(F)c(F)c1F. The van der Waals surface area contributed by atoms with Crippen molar-refractivity contribution in [2.24, 2.45) is 5.73 Å². The molecule has 0 bridgehead atoms. The van der Waals surface area contributed by atoms with Gasteiger partial charge in [0.2, 0.25) is 0 Å². The fourth-order valence-electron chi connectivity index (χ4n) is 2.22. The van der Waals surface area contributed by atoms with Crippen molar-refractivity contribution in [1.29, 1.82) is 0 Å². The molecule has 0 aliphatic carbocycles. The molecule has 2 aromatic rings. The lowest BCUT2D eigenvalue weighted by atomic mass is 9.77. The zero-order chi connectivity index (χ0) is 14.8. The molecular weight excluding hydrogens is 265 g/mol. The lowest BCUT2D eigenvalue weighted by molar-refractivity contribution is 0.402. The Morgan fingerprint density at radius 2 is 1.70 bits per heavy atom. The summed E-state index contributed by atoms with van der Waals surface area (Å²) in [5.74, 6) is -3.83. The molecule has 1 aromatic heterocycles. The summed E-state index contributed by atoms with van der Waals surface area (Å²) in [5, 5.41) is 0. The molecule has 0 radical (unpaired) electrons. The minimum absolute atomic E-state index is 0.0794. The summed E-state index contributed by atoms with van der Waals surface area (Å²) in [4.78, 5) is 3.90. The van der Waals surface area contributed by atoms with Gasteiger partial charge in [-0.05, 0) is 35.7 Å². The lowest BCUT2D eigenvalue weighted by Crippen LogP contribution is -2.35. The lowest BCUT2D eigenvalue weighted by Gasteiger charge is -2.29. The van der Waals surface area contributed by atoms with E-state index in [1.54, 1.807) is 31.5 Å². The van der Waals surface area contributed by atoms with Crippen molar-refractivity contribution in [1.82, 2.24) is 4.98 Å². The van der Waals surface area contributed by atoms with Crippen LogP contribution in [0.2, 0.25) is 0 Å². The second-order valence-electron chi connectivity index (χ2n) is 5.02. The fraction of sp³-hybridized carbons (Fsp3) is 0.267. The molecule has 0 saturated carbocycles. The van der Waals surface area contributed by atoms with Gasteiger partial charge in [-0.2, -0.15) is 0 Å². The second kappa shape index (κ2) is 5.63. The van der Waals surface area contributed by atoms with Crippen LogP contribution in [0.5, 0.6) is 0 Å². The molecule has 0 spiro atoms. The Labute approximate surface area is 115 Å². The first-order valence-corrected chi connectivity index (χ1v) is 6.21. The van der Waals surface area contributed by atoms with E-state index in [-0.39, 0.29) is 12.1 Å². The molecule has 2 nitrogen and oxygen atoms in total. The molecule has 1 atom stereocenters. The Morgan fingerprint density at radius 1 is 1.05 bits per heavy atom. The average Bonchev–Trinajstić information content (AvgIpc) is 2.45. The third-order valence-electron chi connectivity index (χ3n) is 3.48. The molecule has 0 fully saturated rings. The van der Waals surface area contributed by atoms with Crippen LogP contribution in [0, 0.1) is 17.5 Å². The summed E-state index contributed by atoms with van der Waals surface area (Å²) in [5.41, 5.74) is 5.91. The van der Waals surface area contributed by atoms with E-state index in [1.807, 2.05) is 0 Å². The van der Waals surface area contributed by atoms with Gasteiger partial charge in [0.1, 0.15) is 0 Å². The Morgan fingerprint density at radius 3 is 2.30 bits per heavy atom. The van der Waals surface area contributed by atoms with E-state index in [4.69, 9.17) is 5.73 Å². The van der Waals surface area contributed by atoms with E-state index < -0.39 is 22.9 Å². The predicted molar refractivity (Wildman–Crippen MR) is 70.7 cm³/mol. The van der Waals surface area contributed by atoms with Gasteiger partial charge in [-0.1, -0.05) is 13.0 Å². The number of benzene rings is 1. The van der Waals surface area contributed by atoms with Crippen molar-refractivity contribution in [2.75, 3.05) is 6.54 Å². The number of halogens is 3. The summed E-state index contributed by atoms with van der Waals surface area (Å²) in [6.07, 6.45) is 3.65. The summed E-state index contributed by atoms with van der Waals surface area (Å²) in [6.45, 7) is 1.83. The van der Waals surface area contributed by atoms with Crippen molar-refractivity contribution in [2.45, 2.75) is 18.8 Å². The quantitative estimate of drug-likeness (QED) is 0.874. The van der Waals surface area contributed by atoms with E-state index in [9.17, 15) is 13.2 Å². The van der Waals surface area contributed by atoms with Crippen LogP contribution in [-0.2, 0) is 11.8 Å². The summed E-state index contributed by atoms with van der Waals surface area (Å²) in [7, 11) is 0. The van der Waals surface area contributed by atoms with Crippen LogP contribution in [0.3, 0.4) is 0 Å². The Balaban J connectivity index is 2.43. The average molecular weight is 280 g/mol. The predicted octanol–water partition coefficient (Wildman–Crippen LogP) is 2.96. The smallest absolute Gasteiger partial charge is 0.194 e. The zero-order valence-corrected chi connectivity index (χ0v) is 11.0.